The van der Waals surface area contributed by atoms with Gasteiger partial charge in [0, 0.05) is 32.8 Å². The Morgan fingerprint density at radius 3 is 2.88 bits per heavy atom. The maximum Gasteiger partial charge on any atom is 0.237 e. The fraction of sp³-hybridized carbons (Fsp3) is 0.400. The lowest BCUT2D eigenvalue weighted by atomic mass is 10.0. The summed E-state index contributed by atoms with van der Waals surface area (Å²) in [5.74, 6) is -0.266. The Balaban J connectivity index is 1.73. The summed E-state index contributed by atoms with van der Waals surface area (Å²) in [6.07, 6.45) is 0.643. The van der Waals surface area contributed by atoms with Crippen LogP contribution in [0.1, 0.15) is 18.4 Å². The van der Waals surface area contributed by atoms with E-state index in [0.29, 0.717) is 32.6 Å². The molecule has 0 radical (unpaired) electrons. The third-order valence-electron chi connectivity index (χ3n) is 4.73. The van der Waals surface area contributed by atoms with Crippen molar-refractivity contribution >= 4 is 22.6 Å². The molecule has 2 amide bonds. The van der Waals surface area contributed by atoms with Crippen LogP contribution in [0, 0.1) is 0 Å². The molecule has 1 fully saturated rings. The summed E-state index contributed by atoms with van der Waals surface area (Å²) >= 11 is 0. The van der Waals surface area contributed by atoms with Crippen molar-refractivity contribution in [1.29, 1.82) is 0 Å². The maximum absolute atomic E-state index is 12.4. The number of nitrogens with one attached hydrogen (secondary N) is 2. The first-order chi connectivity index (χ1) is 12.7. The Kier molecular flexibility index (Phi) is 6.20. The first-order valence-electron chi connectivity index (χ1n) is 9.05. The van der Waals surface area contributed by atoms with Gasteiger partial charge in [-0.3, -0.25) is 14.5 Å². The molecular formula is C20H25N3O3. The SMILES string of the molecule is O=C(C[C@H]1C(=O)NCCN1Cc1cccc2ccccc12)NCCCO. The summed E-state index contributed by atoms with van der Waals surface area (Å²) in [7, 11) is 0. The average Bonchev–Trinajstić information content (AvgIpc) is 2.65. The van der Waals surface area contributed by atoms with E-state index in [2.05, 4.69) is 39.8 Å². The third-order valence-corrected chi connectivity index (χ3v) is 4.73. The number of rotatable bonds is 7. The average molecular weight is 355 g/mol. The van der Waals surface area contributed by atoms with Gasteiger partial charge in [-0.2, -0.15) is 0 Å². The van der Waals surface area contributed by atoms with Gasteiger partial charge in [-0.15, -0.1) is 0 Å². The summed E-state index contributed by atoms with van der Waals surface area (Å²) < 4.78 is 0. The van der Waals surface area contributed by atoms with Crippen LogP contribution in [-0.4, -0.2) is 54.1 Å². The second-order valence-corrected chi connectivity index (χ2v) is 6.55. The van der Waals surface area contributed by atoms with Crippen LogP contribution in [0.25, 0.3) is 10.8 Å². The van der Waals surface area contributed by atoms with Gasteiger partial charge < -0.3 is 15.7 Å². The van der Waals surface area contributed by atoms with Crippen LogP contribution in [0.15, 0.2) is 42.5 Å². The standard InChI is InChI=1S/C20H25N3O3/c24-12-4-9-21-19(25)13-18-20(26)22-10-11-23(18)14-16-7-3-6-15-5-1-2-8-17(15)16/h1-3,5-8,18,24H,4,9-14H2,(H,21,25)(H,22,26)/t18-/m0/s1. The number of nitrogens with zero attached hydrogens (tertiary/aromatic N) is 1. The van der Waals surface area contributed by atoms with Crippen molar-refractivity contribution < 1.29 is 14.7 Å². The van der Waals surface area contributed by atoms with Crippen molar-refractivity contribution in [2.24, 2.45) is 0 Å². The normalized spacial score (nSPS) is 17.9. The molecule has 2 aromatic carbocycles. The van der Waals surface area contributed by atoms with Crippen molar-refractivity contribution in [1.82, 2.24) is 15.5 Å². The highest BCUT2D eigenvalue weighted by atomic mass is 16.3. The van der Waals surface area contributed by atoms with E-state index < -0.39 is 6.04 Å². The summed E-state index contributed by atoms with van der Waals surface area (Å²) in [5.41, 5.74) is 1.16. The van der Waals surface area contributed by atoms with Gasteiger partial charge in [0.15, 0.2) is 0 Å². The molecule has 6 heteroatoms. The summed E-state index contributed by atoms with van der Waals surface area (Å²) in [6.45, 7) is 2.39. The number of aliphatic hydroxyl groups is 1. The van der Waals surface area contributed by atoms with Crippen LogP contribution in [0.2, 0.25) is 0 Å². The summed E-state index contributed by atoms with van der Waals surface area (Å²) in [4.78, 5) is 26.6. The summed E-state index contributed by atoms with van der Waals surface area (Å²) in [5, 5.41) is 16.8. The van der Waals surface area contributed by atoms with Crippen molar-refractivity contribution in [3.8, 4) is 0 Å². The smallest absolute Gasteiger partial charge is 0.237 e. The molecule has 0 bridgehead atoms. The molecule has 138 valence electrons. The zero-order valence-electron chi connectivity index (χ0n) is 14.8. The Hall–Kier alpha value is -2.44. The molecule has 3 rings (SSSR count). The third kappa shape index (κ3) is 4.39. The van der Waals surface area contributed by atoms with Crippen LogP contribution in [0.3, 0.4) is 0 Å². The van der Waals surface area contributed by atoms with E-state index in [0.717, 1.165) is 5.56 Å². The highest BCUT2D eigenvalue weighted by Crippen LogP contribution is 2.22. The molecule has 0 aliphatic carbocycles. The van der Waals surface area contributed by atoms with E-state index in [1.54, 1.807) is 0 Å². The molecule has 1 aliphatic heterocycles. The van der Waals surface area contributed by atoms with E-state index in [1.807, 2.05) is 18.2 Å². The van der Waals surface area contributed by atoms with Crippen molar-refractivity contribution in [3.05, 3.63) is 48.0 Å². The number of carbonyl (C=O) groups is 2. The van der Waals surface area contributed by atoms with Crippen LogP contribution >= 0.6 is 0 Å². The number of benzene rings is 2. The van der Waals surface area contributed by atoms with Gasteiger partial charge in [-0.1, -0.05) is 42.5 Å². The minimum absolute atomic E-state index is 0.0391. The first kappa shape index (κ1) is 18.4. The first-order valence-corrected chi connectivity index (χ1v) is 9.05. The van der Waals surface area contributed by atoms with Crippen molar-refractivity contribution in [2.45, 2.75) is 25.4 Å². The van der Waals surface area contributed by atoms with Crippen LogP contribution in [0.4, 0.5) is 0 Å². The van der Waals surface area contributed by atoms with Gasteiger partial charge in [0.05, 0.1) is 12.5 Å². The van der Waals surface area contributed by atoms with E-state index in [9.17, 15) is 9.59 Å². The van der Waals surface area contributed by atoms with Gasteiger partial charge in [-0.05, 0) is 22.8 Å². The minimum atomic E-state index is -0.475. The van der Waals surface area contributed by atoms with Gasteiger partial charge in [0.25, 0.3) is 0 Å². The Morgan fingerprint density at radius 1 is 1.23 bits per heavy atom. The minimum Gasteiger partial charge on any atom is -0.396 e. The Labute approximate surface area is 153 Å². The molecule has 0 aromatic heterocycles. The molecule has 1 saturated heterocycles. The van der Waals surface area contributed by atoms with Gasteiger partial charge >= 0.3 is 0 Å². The molecule has 6 nitrogen and oxygen atoms in total. The van der Waals surface area contributed by atoms with E-state index in [4.69, 9.17) is 5.11 Å². The van der Waals surface area contributed by atoms with Crippen molar-refractivity contribution in [2.75, 3.05) is 26.2 Å². The van der Waals surface area contributed by atoms with Gasteiger partial charge in [0.1, 0.15) is 0 Å². The monoisotopic (exact) mass is 355 g/mol. The Bertz CT molecular complexity index is 772. The second kappa shape index (κ2) is 8.78. The van der Waals surface area contributed by atoms with E-state index in [-0.39, 0.29) is 24.8 Å². The highest BCUT2D eigenvalue weighted by Gasteiger charge is 2.31. The molecule has 26 heavy (non-hydrogen) atoms. The van der Waals surface area contributed by atoms with Crippen LogP contribution in [-0.2, 0) is 16.1 Å². The number of amides is 2. The topological polar surface area (TPSA) is 81.7 Å². The van der Waals surface area contributed by atoms with Gasteiger partial charge in [-0.25, -0.2) is 0 Å². The van der Waals surface area contributed by atoms with Crippen molar-refractivity contribution in [3.63, 3.8) is 0 Å². The number of hydrogen-bond donors (Lipinski definition) is 3. The number of aliphatic hydroxyl groups excluding tert-OH is 1. The predicted octanol–water partition coefficient (Wildman–Crippen LogP) is 1.03. The number of fused-ring (bicyclic) bond motifs is 1. The quantitative estimate of drug-likeness (QED) is 0.648. The zero-order chi connectivity index (χ0) is 18.4. The molecule has 2 aromatic rings. The number of carbonyl (C=O) groups excluding carboxylic acids is 2. The molecule has 0 saturated carbocycles. The maximum atomic E-state index is 12.4. The van der Waals surface area contributed by atoms with Crippen LogP contribution < -0.4 is 10.6 Å². The fourth-order valence-corrected chi connectivity index (χ4v) is 3.38. The molecule has 1 aliphatic rings. The molecule has 0 unspecified atom stereocenters. The molecule has 1 atom stereocenters. The zero-order valence-corrected chi connectivity index (χ0v) is 14.8. The van der Waals surface area contributed by atoms with Crippen LogP contribution in [0.5, 0.6) is 0 Å². The lowest BCUT2D eigenvalue weighted by molar-refractivity contribution is -0.134. The number of hydrogen-bond acceptors (Lipinski definition) is 4. The number of piperazine rings is 1. The molecule has 3 N–H and O–H groups in total. The highest BCUT2D eigenvalue weighted by molar-refractivity contribution is 5.89. The van der Waals surface area contributed by atoms with Gasteiger partial charge in [0.2, 0.25) is 11.8 Å². The predicted molar refractivity (Wildman–Crippen MR) is 100 cm³/mol. The fourth-order valence-electron chi connectivity index (χ4n) is 3.38. The molecular weight excluding hydrogens is 330 g/mol. The molecule has 1 heterocycles. The second-order valence-electron chi connectivity index (χ2n) is 6.55. The lowest BCUT2D eigenvalue weighted by Gasteiger charge is -2.35. The van der Waals surface area contributed by atoms with E-state index >= 15 is 0 Å². The molecule has 0 spiro atoms. The summed E-state index contributed by atoms with van der Waals surface area (Å²) in [6, 6.07) is 13.9. The lowest BCUT2D eigenvalue weighted by Crippen LogP contribution is -2.56. The van der Waals surface area contributed by atoms with E-state index in [1.165, 1.54) is 10.8 Å². The largest absolute Gasteiger partial charge is 0.396 e. The Morgan fingerprint density at radius 2 is 2.04 bits per heavy atom.